The minimum atomic E-state index is -0.769. The van der Waals surface area contributed by atoms with Gasteiger partial charge in [0.2, 0.25) is 17.8 Å². The van der Waals surface area contributed by atoms with Crippen molar-refractivity contribution in [3.63, 3.8) is 0 Å². The number of piperidine rings is 3. The summed E-state index contributed by atoms with van der Waals surface area (Å²) in [5.74, 6) is -0.915. The van der Waals surface area contributed by atoms with Crippen molar-refractivity contribution in [3.05, 3.63) is 80.5 Å². The molecule has 1 atom stereocenters. The van der Waals surface area contributed by atoms with Crippen LogP contribution in [-0.2, 0) is 25.7 Å². The zero-order valence-corrected chi connectivity index (χ0v) is 37.0. The SMILES string of the molecule is CNC(=O)COc1cc2cc(Nc3nc(N4CCC(OC5CC(N6CCC(c7cc(F)c8c(c7)CN([C@@H]7CCC(=O)NC7=O)C8=O)CC6)C5)CC4)ncc3Cl)ccc2n(C(C)C)c1=O. The van der Waals surface area contributed by atoms with Gasteiger partial charge in [0.25, 0.3) is 17.4 Å². The molecule has 2 aromatic carbocycles. The Labute approximate surface area is 374 Å². The Balaban J connectivity index is 0.745. The first-order chi connectivity index (χ1) is 30.8. The quantitative estimate of drug-likeness (QED) is 0.159. The summed E-state index contributed by atoms with van der Waals surface area (Å²) in [5, 5.41) is 9.24. The lowest BCUT2D eigenvalue weighted by Gasteiger charge is -2.47. The maximum atomic E-state index is 15.4. The van der Waals surface area contributed by atoms with Crippen molar-refractivity contribution < 1.29 is 33.0 Å². The van der Waals surface area contributed by atoms with Crippen molar-refractivity contribution in [2.75, 3.05) is 50.1 Å². The normalized spacial score (nSPS) is 22.2. The number of hydrogen-bond acceptors (Lipinski definition) is 12. The molecular weight excluding hydrogens is 845 g/mol. The van der Waals surface area contributed by atoms with Crippen LogP contribution in [0, 0.1) is 5.82 Å². The number of amides is 4. The molecule has 4 aliphatic heterocycles. The third kappa shape index (κ3) is 8.76. The number of nitrogens with one attached hydrogen (secondary N) is 3. The van der Waals surface area contributed by atoms with Crippen LogP contribution in [-0.4, -0.2) is 112 Å². The average Bonchev–Trinajstić information content (AvgIpc) is 3.60. The fourth-order valence-electron chi connectivity index (χ4n) is 9.89. The van der Waals surface area contributed by atoms with Crippen molar-refractivity contribution in [1.82, 2.24) is 35.0 Å². The number of likely N-dealkylation sites (tertiary alicyclic amines) is 1. The number of benzene rings is 2. The third-order valence-corrected chi connectivity index (χ3v) is 13.7. The van der Waals surface area contributed by atoms with Crippen molar-refractivity contribution in [2.45, 2.75) is 108 Å². The van der Waals surface area contributed by atoms with Crippen LogP contribution in [0.4, 0.5) is 21.8 Å². The fourth-order valence-corrected chi connectivity index (χ4v) is 10.0. The van der Waals surface area contributed by atoms with Crippen molar-refractivity contribution in [1.29, 1.82) is 0 Å². The van der Waals surface area contributed by atoms with E-state index in [0.717, 1.165) is 81.2 Å². The monoisotopic (exact) mass is 897 g/mol. The van der Waals surface area contributed by atoms with E-state index in [4.69, 9.17) is 26.1 Å². The number of pyridine rings is 1. The predicted octanol–water partition coefficient (Wildman–Crippen LogP) is 5.19. The van der Waals surface area contributed by atoms with Gasteiger partial charge in [0, 0.05) is 56.3 Å². The molecule has 0 bridgehead atoms. The zero-order valence-electron chi connectivity index (χ0n) is 36.2. The van der Waals surface area contributed by atoms with E-state index < -0.39 is 23.7 Å². The third-order valence-electron chi connectivity index (χ3n) is 13.4. The second-order valence-electron chi connectivity index (χ2n) is 17.8. The lowest BCUT2D eigenvalue weighted by Crippen LogP contribution is -2.52. The highest BCUT2D eigenvalue weighted by Crippen LogP contribution is 2.39. The average molecular weight is 898 g/mol. The van der Waals surface area contributed by atoms with E-state index in [1.807, 2.05) is 38.1 Å². The van der Waals surface area contributed by atoms with Crippen molar-refractivity contribution in [2.24, 2.45) is 0 Å². The van der Waals surface area contributed by atoms with E-state index in [1.165, 1.54) is 18.0 Å². The molecule has 18 heteroatoms. The Hall–Kier alpha value is -5.65. The van der Waals surface area contributed by atoms with Gasteiger partial charge in [-0.25, -0.2) is 9.37 Å². The van der Waals surface area contributed by atoms with Gasteiger partial charge >= 0.3 is 0 Å². The van der Waals surface area contributed by atoms with Crippen LogP contribution in [0.5, 0.6) is 5.75 Å². The molecule has 0 radical (unpaired) electrons. The number of likely N-dealkylation sites (N-methyl/N-ethyl adjacent to an activating group) is 1. The van der Waals surface area contributed by atoms with Gasteiger partial charge in [0.1, 0.15) is 16.9 Å². The van der Waals surface area contributed by atoms with E-state index in [1.54, 1.807) is 16.8 Å². The Morgan fingerprint density at radius 3 is 2.47 bits per heavy atom. The standard InChI is InChI=1S/C46H53ClFN9O7/c1-25(2)57-36-5-4-30(17-28(36)19-38(44(57)61)63-24-40(59)49-3)51-42-34(47)22-50-46(53-42)55-14-10-32(11-15-55)64-33-20-31(21-33)54-12-8-26(9-13-54)27-16-29-23-56(45(62)41(29)35(48)18-27)37-6-7-39(58)52-43(37)60/h4-5,16-19,22,25-26,31-33,37H,6-15,20-21,23-24H2,1-3H3,(H,49,59)(H,50,51,53)(H,52,58,60)/t31?,33?,37-/m1/s1. The molecular formula is C46H53ClFN9O7. The number of halogens is 2. The van der Waals surface area contributed by atoms with Gasteiger partial charge < -0.3 is 39.4 Å². The molecule has 5 aliphatic rings. The Morgan fingerprint density at radius 1 is 0.984 bits per heavy atom. The lowest BCUT2D eigenvalue weighted by molar-refractivity contribution is -0.137. The highest BCUT2D eigenvalue weighted by Gasteiger charge is 2.42. The van der Waals surface area contributed by atoms with Gasteiger partial charge in [-0.2, -0.15) is 4.98 Å². The number of rotatable bonds is 12. The van der Waals surface area contributed by atoms with E-state index in [2.05, 4.69) is 30.7 Å². The van der Waals surface area contributed by atoms with E-state index in [-0.39, 0.29) is 78.8 Å². The van der Waals surface area contributed by atoms with Crippen LogP contribution in [0.1, 0.15) is 98.7 Å². The van der Waals surface area contributed by atoms with Gasteiger partial charge in [-0.3, -0.25) is 29.3 Å². The first kappa shape index (κ1) is 43.6. The number of hydrogen-bond donors (Lipinski definition) is 3. The second kappa shape index (κ2) is 18.1. The number of carbonyl (C=O) groups excluding carboxylic acids is 4. The Bertz CT molecular complexity index is 2550. The minimum Gasteiger partial charge on any atom is -0.478 e. The molecule has 4 amide bonds. The van der Waals surface area contributed by atoms with Crippen LogP contribution in [0.3, 0.4) is 0 Å². The Kier molecular flexibility index (Phi) is 12.3. The molecule has 0 spiro atoms. The first-order valence-corrected chi connectivity index (χ1v) is 22.6. The summed E-state index contributed by atoms with van der Waals surface area (Å²) in [7, 11) is 1.51. The maximum Gasteiger partial charge on any atom is 0.293 e. The molecule has 16 nitrogen and oxygen atoms in total. The number of fused-ring (bicyclic) bond motifs is 2. The second-order valence-corrected chi connectivity index (χ2v) is 18.2. The topological polar surface area (TPSA) is 180 Å². The maximum absolute atomic E-state index is 15.4. The van der Waals surface area contributed by atoms with Crippen molar-refractivity contribution in [3.8, 4) is 5.75 Å². The molecule has 1 saturated carbocycles. The van der Waals surface area contributed by atoms with Gasteiger partial charge in [0.05, 0.1) is 29.5 Å². The highest BCUT2D eigenvalue weighted by atomic mass is 35.5. The Morgan fingerprint density at radius 2 is 1.75 bits per heavy atom. The van der Waals surface area contributed by atoms with Crippen LogP contribution < -0.4 is 31.1 Å². The van der Waals surface area contributed by atoms with Gasteiger partial charge in [-0.1, -0.05) is 17.7 Å². The van der Waals surface area contributed by atoms with E-state index in [9.17, 15) is 24.0 Å². The molecule has 338 valence electrons. The number of aromatic nitrogens is 3. The number of anilines is 3. The molecule has 4 fully saturated rings. The molecule has 3 saturated heterocycles. The van der Waals surface area contributed by atoms with E-state index >= 15 is 4.39 Å². The van der Waals surface area contributed by atoms with Crippen LogP contribution in [0.15, 0.2) is 47.4 Å². The number of nitrogens with zero attached hydrogens (tertiary/aromatic N) is 6. The van der Waals surface area contributed by atoms with Crippen LogP contribution >= 0.6 is 11.6 Å². The van der Waals surface area contributed by atoms with Gasteiger partial charge in [-0.15, -0.1) is 0 Å². The summed E-state index contributed by atoms with van der Waals surface area (Å²) < 4.78 is 29.3. The molecule has 1 aliphatic carbocycles. The summed E-state index contributed by atoms with van der Waals surface area (Å²) >= 11 is 6.59. The predicted molar refractivity (Wildman–Crippen MR) is 238 cm³/mol. The van der Waals surface area contributed by atoms with Crippen molar-refractivity contribution >= 4 is 63.6 Å². The molecule has 2 aromatic heterocycles. The zero-order chi connectivity index (χ0) is 44.8. The van der Waals surface area contributed by atoms with Gasteiger partial charge in [-0.05, 0) is 119 Å². The molecule has 9 rings (SSSR count). The number of carbonyl (C=O) groups is 4. The van der Waals surface area contributed by atoms with Crippen LogP contribution in [0.25, 0.3) is 10.9 Å². The summed E-state index contributed by atoms with van der Waals surface area (Å²) in [6.45, 7) is 7.04. The summed E-state index contributed by atoms with van der Waals surface area (Å²) in [4.78, 5) is 77.8. The molecule has 6 heterocycles. The largest absolute Gasteiger partial charge is 0.478 e. The molecule has 0 unspecified atom stereocenters. The highest BCUT2D eigenvalue weighted by molar-refractivity contribution is 6.33. The minimum absolute atomic E-state index is 0.0430. The van der Waals surface area contributed by atoms with Gasteiger partial charge in [0.15, 0.2) is 18.2 Å². The fraction of sp³-hybridized carbons (Fsp3) is 0.500. The smallest absolute Gasteiger partial charge is 0.293 e. The van der Waals surface area contributed by atoms with E-state index in [0.29, 0.717) is 34.1 Å². The summed E-state index contributed by atoms with van der Waals surface area (Å²) in [5.41, 5.74) is 2.68. The first-order valence-electron chi connectivity index (χ1n) is 22.3. The molecule has 64 heavy (non-hydrogen) atoms. The molecule has 4 aromatic rings. The number of ether oxygens (including phenoxy) is 2. The number of imide groups is 1. The lowest BCUT2D eigenvalue weighted by atomic mass is 9.83. The summed E-state index contributed by atoms with van der Waals surface area (Å²) in [6, 6.07) is 10.3. The van der Waals surface area contributed by atoms with Crippen LogP contribution in [0.2, 0.25) is 5.02 Å². The molecule has 3 N–H and O–H groups in total. The summed E-state index contributed by atoms with van der Waals surface area (Å²) in [6.07, 6.45) is 7.83.